The van der Waals surface area contributed by atoms with E-state index in [4.69, 9.17) is 0 Å². The lowest BCUT2D eigenvalue weighted by atomic mass is 9.90. The highest BCUT2D eigenvalue weighted by atomic mass is 16.4. The van der Waals surface area contributed by atoms with Gasteiger partial charge in [0.1, 0.15) is 5.82 Å². The van der Waals surface area contributed by atoms with Crippen molar-refractivity contribution >= 4 is 11.8 Å². The molecule has 1 heterocycles. The van der Waals surface area contributed by atoms with Crippen LogP contribution < -0.4 is 4.90 Å². The predicted octanol–water partition coefficient (Wildman–Crippen LogP) is 2.67. The Balaban J connectivity index is 3.33. The van der Waals surface area contributed by atoms with Gasteiger partial charge >= 0.3 is 5.97 Å². The molecular formula is C16H26N2O3. The predicted molar refractivity (Wildman–Crippen MR) is 84.1 cm³/mol. The Kier molecular flexibility index (Phi) is 4.99. The Hall–Kier alpha value is -1.62. The Morgan fingerprint density at radius 1 is 1.24 bits per heavy atom. The highest BCUT2D eigenvalue weighted by Gasteiger charge is 2.23. The molecule has 0 amide bonds. The molecule has 0 saturated carbocycles. The number of hydrogen-bond acceptors (Lipinski definition) is 4. The lowest BCUT2D eigenvalue weighted by molar-refractivity contribution is 0.0696. The maximum atomic E-state index is 11.3. The lowest BCUT2D eigenvalue weighted by Crippen LogP contribution is -2.39. The Morgan fingerprint density at radius 2 is 1.81 bits per heavy atom. The van der Waals surface area contributed by atoms with Gasteiger partial charge in [0.2, 0.25) is 0 Å². The van der Waals surface area contributed by atoms with E-state index in [1.54, 1.807) is 26.0 Å². The normalized spacial score (nSPS) is 12.3. The Labute approximate surface area is 126 Å². The SMILES string of the molecule is CCN(CC(C)(C)O)c1cc(C(=O)O)cc(C(C)(C)C)n1. The molecule has 0 unspecified atom stereocenters. The minimum atomic E-state index is -0.969. The molecule has 0 bridgehead atoms. The minimum Gasteiger partial charge on any atom is -0.478 e. The van der Waals surface area contributed by atoms with E-state index in [2.05, 4.69) is 4.98 Å². The number of likely N-dealkylation sites (N-methyl/N-ethyl adjacent to an activating group) is 1. The van der Waals surface area contributed by atoms with Crippen LogP contribution in [0.15, 0.2) is 12.1 Å². The molecule has 0 aliphatic heterocycles. The molecule has 5 heteroatoms. The van der Waals surface area contributed by atoms with Gasteiger partial charge in [-0.3, -0.25) is 0 Å². The van der Waals surface area contributed by atoms with Gasteiger partial charge in [-0.1, -0.05) is 20.8 Å². The summed E-state index contributed by atoms with van der Waals surface area (Å²) in [6.45, 7) is 12.4. The molecule has 5 nitrogen and oxygen atoms in total. The number of pyridine rings is 1. The van der Waals surface area contributed by atoms with E-state index in [1.807, 2.05) is 32.6 Å². The highest BCUT2D eigenvalue weighted by Crippen LogP contribution is 2.25. The van der Waals surface area contributed by atoms with Gasteiger partial charge < -0.3 is 15.1 Å². The monoisotopic (exact) mass is 294 g/mol. The van der Waals surface area contributed by atoms with Crippen molar-refractivity contribution in [2.24, 2.45) is 0 Å². The van der Waals surface area contributed by atoms with Gasteiger partial charge in [-0.15, -0.1) is 0 Å². The number of carboxylic acid groups (broad SMARTS) is 1. The van der Waals surface area contributed by atoms with E-state index in [1.165, 1.54) is 0 Å². The summed E-state index contributed by atoms with van der Waals surface area (Å²) in [6, 6.07) is 3.18. The maximum Gasteiger partial charge on any atom is 0.335 e. The summed E-state index contributed by atoms with van der Waals surface area (Å²) in [5.41, 5.74) is -0.168. The number of carboxylic acids is 1. The van der Waals surface area contributed by atoms with Gasteiger partial charge in [0.25, 0.3) is 0 Å². The molecule has 0 atom stereocenters. The molecule has 21 heavy (non-hydrogen) atoms. The molecule has 118 valence electrons. The number of rotatable bonds is 5. The summed E-state index contributed by atoms with van der Waals surface area (Å²) in [5, 5.41) is 19.3. The number of nitrogens with zero attached hydrogens (tertiary/aromatic N) is 2. The second kappa shape index (κ2) is 6.02. The van der Waals surface area contributed by atoms with Crippen molar-refractivity contribution in [3.8, 4) is 0 Å². The van der Waals surface area contributed by atoms with Crippen LogP contribution in [0.3, 0.4) is 0 Å². The minimum absolute atomic E-state index is 0.221. The smallest absolute Gasteiger partial charge is 0.335 e. The van der Waals surface area contributed by atoms with Gasteiger partial charge in [-0.25, -0.2) is 9.78 Å². The second-order valence-corrected chi connectivity index (χ2v) is 6.98. The van der Waals surface area contributed by atoms with Crippen LogP contribution in [0.4, 0.5) is 5.82 Å². The van der Waals surface area contributed by atoms with Crippen LogP contribution in [0.25, 0.3) is 0 Å². The first kappa shape index (κ1) is 17.4. The highest BCUT2D eigenvalue weighted by molar-refractivity contribution is 5.88. The topological polar surface area (TPSA) is 73.7 Å². The zero-order valence-electron chi connectivity index (χ0n) is 13.8. The molecule has 2 N–H and O–H groups in total. The molecule has 1 aromatic rings. The molecule has 0 radical (unpaired) electrons. The van der Waals surface area contributed by atoms with Crippen LogP contribution in [0.2, 0.25) is 0 Å². The standard InChI is InChI=1S/C16H26N2O3/c1-7-18(10-16(5,6)21)13-9-11(14(19)20)8-12(17-13)15(2,3)4/h8-9,21H,7,10H2,1-6H3,(H,19,20). The van der Waals surface area contributed by atoms with Crippen LogP contribution in [-0.4, -0.2) is 39.9 Å². The fraction of sp³-hybridized carbons (Fsp3) is 0.625. The molecule has 0 aliphatic rings. The van der Waals surface area contributed by atoms with Gasteiger partial charge in [-0.05, 0) is 32.9 Å². The van der Waals surface area contributed by atoms with Crippen molar-refractivity contribution in [1.82, 2.24) is 4.98 Å². The number of aromatic nitrogens is 1. The first-order chi connectivity index (χ1) is 9.44. The molecule has 0 saturated heterocycles. The van der Waals surface area contributed by atoms with E-state index in [9.17, 15) is 15.0 Å². The molecule has 1 aromatic heterocycles. The van der Waals surface area contributed by atoms with Crippen LogP contribution in [0.5, 0.6) is 0 Å². The molecular weight excluding hydrogens is 268 g/mol. The first-order valence-electron chi connectivity index (χ1n) is 7.17. The number of aliphatic hydroxyl groups is 1. The first-order valence-corrected chi connectivity index (χ1v) is 7.17. The van der Waals surface area contributed by atoms with Crippen molar-refractivity contribution in [3.63, 3.8) is 0 Å². The quantitative estimate of drug-likeness (QED) is 0.873. The summed E-state index contributed by atoms with van der Waals surface area (Å²) in [6.07, 6.45) is 0. The fourth-order valence-corrected chi connectivity index (χ4v) is 2.01. The van der Waals surface area contributed by atoms with Gasteiger partial charge in [0.05, 0.1) is 11.2 Å². The summed E-state index contributed by atoms with van der Waals surface area (Å²) >= 11 is 0. The van der Waals surface area contributed by atoms with Crippen molar-refractivity contribution < 1.29 is 15.0 Å². The van der Waals surface area contributed by atoms with Crippen molar-refractivity contribution in [2.45, 2.75) is 52.6 Å². The number of hydrogen-bond donors (Lipinski definition) is 2. The zero-order chi connectivity index (χ0) is 16.4. The molecule has 0 aliphatic carbocycles. The second-order valence-electron chi connectivity index (χ2n) is 6.98. The van der Waals surface area contributed by atoms with Crippen molar-refractivity contribution in [2.75, 3.05) is 18.0 Å². The lowest BCUT2D eigenvalue weighted by Gasteiger charge is -2.30. The number of anilines is 1. The maximum absolute atomic E-state index is 11.3. The summed E-state index contributed by atoms with van der Waals surface area (Å²) in [4.78, 5) is 17.8. The van der Waals surface area contributed by atoms with E-state index < -0.39 is 11.6 Å². The molecule has 0 fully saturated rings. The van der Waals surface area contributed by atoms with Gasteiger partial charge in [0, 0.05) is 24.2 Å². The Bertz CT molecular complexity index is 513. The van der Waals surface area contributed by atoms with Crippen molar-refractivity contribution in [1.29, 1.82) is 0 Å². The average Bonchev–Trinajstić information content (AvgIpc) is 2.33. The van der Waals surface area contributed by atoms with Crippen LogP contribution in [-0.2, 0) is 5.41 Å². The summed E-state index contributed by atoms with van der Waals surface area (Å²) in [5.74, 6) is -0.382. The molecule has 0 spiro atoms. The third-order valence-electron chi connectivity index (χ3n) is 3.11. The van der Waals surface area contributed by atoms with Crippen LogP contribution >= 0.6 is 0 Å². The Morgan fingerprint density at radius 3 is 2.19 bits per heavy atom. The number of aromatic carboxylic acids is 1. The third-order valence-corrected chi connectivity index (χ3v) is 3.11. The average molecular weight is 294 g/mol. The van der Waals surface area contributed by atoms with Gasteiger partial charge in [0.15, 0.2) is 0 Å². The van der Waals surface area contributed by atoms with E-state index in [-0.39, 0.29) is 11.0 Å². The molecule has 1 rings (SSSR count). The third kappa shape index (κ3) is 5.01. The summed E-state index contributed by atoms with van der Waals surface area (Å²) < 4.78 is 0. The van der Waals surface area contributed by atoms with Crippen LogP contribution in [0, 0.1) is 0 Å². The van der Waals surface area contributed by atoms with E-state index >= 15 is 0 Å². The van der Waals surface area contributed by atoms with Crippen LogP contribution in [0.1, 0.15) is 57.6 Å². The number of carbonyl (C=O) groups is 1. The molecule has 0 aromatic carbocycles. The summed E-state index contributed by atoms with van der Waals surface area (Å²) in [7, 11) is 0. The van der Waals surface area contributed by atoms with E-state index in [0.717, 1.165) is 5.69 Å². The van der Waals surface area contributed by atoms with Crippen molar-refractivity contribution in [3.05, 3.63) is 23.4 Å². The van der Waals surface area contributed by atoms with E-state index in [0.29, 0.717) is 18.9 Å². The fourth-order valence-electron chi connectivity index (χ4n) is 2.01. The zero-order valence-corrected chi connectivity index (χ0v) is 13.8. The van der Waals surface area contributed by atoms with Gasteiger partial charge in [-0.2, -0.15) is 0 Å². The largest absolute Gasteiger partial charge is 0.478 e.